The maximum Gasteiger partial charge on any atom is 0.289 e. The molecule has 4 N–H and O–H groups in total. The second kappa shape index (κ2) is 12.5. The van der Waals surface area contributed by atoms with Crippen LogP contribution in [0.5, 0.6) is 0 Å². The Morgan fingerprint density at radius 3 is 0.707 bits per heavy atom. The first kappa shape index (κ1) is 35.6. The molecule has 6 spiro atoms. The SMILES string of the molecule is O=C1Nc2ccccc2C12OCC1(CO2)COC2(OC1)C(=O)Nc1ccccc12.O=C1Nc2ccccc2C12OCC1(CO2)COC2(OC1)C(=O)Nc1ccccc12. The summed E-state index contributed by atoms with van der Waals surface area (Å²) in [4.78, 5) is 50.3. The van der Waals surface area contributed by atoms with Gasteiger partial charge in [0.2, 0.25) is 0 Å². The van der Waals surface area contributed by atoms with Crippen LogP contribution in [-0.4, -0.2) is 76.5 Å². The third kappa shape index (κ3) is 4.91. The van der Waals surface area contributed by atoms with Gasteiger partial charge in [-0.2, -0.15) is 0 Å². The third-order valence-electron chi connectivity index (χ3n) is 12.0. The topological polar surface area (TPSA) is 190 Å². The predicted molar refractivity (Wildman–Crippen MR) is 199 cm³/mol. The van der Waals surface area contributed by atoms with Crippen LogP contribution in [0.25, 0.3) is 0 Å². The molecular formula is C42H36N4O12. The van der Waals surface area contributed by atoms with Gasteiger partial charge in [0.25, 0.3) is 46.8 Å². The van der Waals surface area contributed by atoms with Gasteiger partial charge in [0, 0.05) is 22.3 Å². The summed E-state index contributed by atoms with van der Waals surface area (Å²) in [6.45, 7) is 1.62. The Bertz CT molecular complexity index is 2060. The minimum atomic E-state index is -1.45. The molecule has 0 aliphatic carbocycles. The van der Waals surface area contributed by atoms with E-state index in [4.69, 9.17) is 37.9 Å². The monoisotopic (exact) mass is 788 g/mol. The van der Waals surface area contributed by atoms with Crippen molar-refractivity contribution in [3.63, 3.8) is 0 Å². The van der Waals surface area contributed by atoms with E-state index < -0.39 is 34.0 Å². The molecule has 0 atom stereocenters. The molecular weight excluding hydrogens is 752 g/mol. The number of carbonyl (C=O) groups is 4. The molecule has 8 heterocycles. The second-order valence-corrected chi connectivity index (χ2v) is 15.8. The van der Waals surface area contributed by atoms with Gasteiger partial charge in [0.05, 0.1) is 86.4 Å². The van der Waals surface area contributed by atoms with E-state index in [2.05, 4.69) is 21.3 Å². The lowest BCUT2D eigenvalue weighted by molar-refractivity contribution is -0.353. The van der Waals surface area contributed by atoms with E-state index in [0.29, 0.717) is 45.0 Å². The van der Waals surface area contributed by atoms with E-state index in [9.17, 15) is 19.2 Å². The van der Waals surface area contributed by atoms with Gasteiger partial charge in [0.1, 0.15) is 0 Å². The summed E-state index contributed by atoms with van der Waals surface area (Å²) in [7, 11) is 0. The molecule has 0 radical (unpaired) electrons. The van der Waals surface area contributed by atoms with Gasteiger partial charge in [-0.3, -0.25) is 19.2 Å². The maximum absolute atomic E-state index is 12.6. The molecule has 8 aliphatic rings. The van der Waals surface area contributed by atoms with Crippen molar-refractivity contribution in [2.75, 3.05) is 74.1 Å². The molecule has 4 aromatic rings. The van der Waals surface area contributed by atoms with E-state index in [1.807, 2.05) is 97.1 Å². The molecule has 8 aliphatic heterocycles. The molecule has 4 aromatic carbocycles. The van der Waals surface area contributed by atoms with Crippen LogP contribution in [0, 0.1) is 10.8 Å². The largest absolute Gasteiger partial charge is 0.338 e. The normalized spacial score (nSPS) is 34.9. The molecule has 4 fully saturated rings. The average Bonchev–Trinajstić information content (AvgIpc) is 3.90. The molecule has 0 unspecified atom stereocenters. The highest BCUT2D eigenvalue weighted by molar-refractivity contribution is 6.06. The third-order valence-corrected chi connectivity index (χ3v) is 12.0. The molecule has 0 bridgehead atoms. The van der Waals surface area contributed by atoms with Crippen LogP contribution < -0.4 is 21.3 Å². The summed E-state index contributed by atoms with van der Waals surface area (Å²) >= 11 is 0. The number of hydrogen-bond acceptors (Lipinski definition) is 12. The summed E-state index contributed by atoms with van der Waals surface area (Å²) < 4.78 is 48.1. The smallest absolute Gasteiger partial charge is 0.289 e. The van der Waals surface area contributed by atoms with Crippen LogP contribution in [-0.2, 0) is 80.2 Å². The van der Waals surface area contributed by atoms with E-state index in [1.165, 1.54) is 0 Å². The van der Waals surface area contributed by atoms with Gasteiger partial charge >= 0.3 is 0 Å². The lowest BCUT2D eigenvalue weighted by atomic mass is 9.88. The molecule has 296 valence electrons. The Balaban J connectivity index is 0.000000133. The van der Waals surface area contributed by atoms with Gasteiger partial charge in [-0.15, -0.1) is 0 Å². The van der Waals surface area contributed by atoms with Crippen LogP contribution in [0.4, 0.5) is 22.7 Å². The van der Waals surface area contributed by atoms with Crippen LogP contribution >= 0.6 is 0 Å². The molecule has 16 heteroatoms. The van der Waals surface area contributed by atoms with Crippen LogP contribution in [0.2, 0.25) is 0 Å². The first-order valence-corrected chi connectivity index (χ1v) is 18.9. The zero-order valence-corrected chi connectivity index (χ0v) is 30.8. The highest BCUT2D eigenvalue weighted by Crippen LogP contribution is 2.51. The first-order valence-electron chi connectivity index (χ1n) is 18.9. The number of carbonyl (C=O) groups excluding carboxylic acids is 4. The standard InChI is InChI=1S/2C21H18N2O6/c2*24-17-20(13-5-1-3-7-15(13)22-17)26-9-19(10-27-20)11-28-21(29-12-19)14-6-2-4-8-16(14)23-18(21)25/h2*1-8H,9-12H2,(H,22,24)(H,23,25). The maximum atomic E-state index is 12.6. The fraction of sp³-hybridized carbons (Fsp3) is 0.333. The minimum absolute atomic E-state index is 0.202. The first-order chi connectivity index (χ1) is 28.1. The Kier molecular flexibility index (Phi) is 7.65. The zero-order chi connectivity index (χ0) is 39.4. The number of benzene rings is 4. The van der Waals surface area contributed by atoms with Crippen molar-refractivity contribution in [1.82, 2.24) is 0 Å². The van der Waals surface area contributed by atoms with Gasteiger partial charge in [-0.05, 0) is 24.3 Å². The van der Waals surface area contributed by atoms with Crippen molar-refractivity contribution in [3.8, 4) is 0 Å². The Labute approximate surface area is 330 Å². The Morgan fingerprint density at radius 2 is 0.500 bits per heavy atom. The van der Waals surface area contributed by atoms with E-state index in [0.717, 1.165) is 0 Å². The average molecular weight is 789 g/mol. The van der Waals surface area contributed by atoms with E-state index in [1.54, 1.807) is 0 Å². The number of para-hydroxylation sites is 4. The fourth-order valence-electron chi connectivity index (χ4n) is 8.67. The van der Waals surface area contributed by atoms with Crippen molar-refractivity contribution >= 4 is 46.4 Å². The van der Waals surface area contributed by atoms with Crippen LogP contribution in [0.3, 0.4) is 0 Å². The quantitative estimate of drug-likeness (QED) is 0.204. The van der Waals surface area contributed by atoms with E-state index in [-0.39, 0.29) is 76.5 Å². The van der Waals surface area contributed by atoms with Gasteiger partial charge in [-0.25, -0.2) is 0 Å². The number of ether oxygens (including phenoxy) is 8. The number of hydrogen-bond donors (Lipinski definition) is 4. The van der Waals surface area contributed by atoms with Gasteiger partial charge in [-0.1, -0.05) is 72.8 Å². The van der Waals surface area contributed by atoms with Crippen molar-refractivity contribution in [3.05, 3.63) is 119 Å². The number of fused-ring (bicyclic) bond motifs is 8. The van der Waals surface area contributed by atoms with Crippen molar-refractivity contribution < 1.29 is 57.1 Å². The number of anilines is 4. The van der Waals surface area contributed by atoms with Crippen LogP contribution in [0.1, 0.15) is 22.3 Å². The summed E-state index contributed by atoms with van der Waals surface area (Å²) in [5.41, 5.74) is 4.18. The summed E-state index contributed by atoms with van der Waals surface area (Å²) in [6, 6.07) is 29.2. The number of amides is 4. The number of nitrogens with one attached hydrogen (secondary N) is 4. The lowest BCUT2D eigenvalue weighted by Gasteiger charge is -2.48. The summed E-state index contributed by atoms with van der Waals surface area (Å²) in [5, 5.41) is 11.2. The lowest BCUT2D eigenvalue weighted by Crippen LogP contribution is -2.59. The van der Waals surface area contributed by atoms with Gasteiger partial charge in [0.15, 0.2) is 0 Å². The van der Waals surface area contributed by atoms with Gasteiger partial charge < -0.3 is 59.2 Å². The highest BCUT2D eigenvalue weighted by atomic mass is 16.8. The molecule has 12 rings (SSSR count). The summed E-state index contributed by atoms with van der Waals surface area (Å²) in [5.74, 6) is -7.16. The molecule has 4 saturated heterocycles. The van der Waals surface area contributed by atoms with Crippen LogP contribution in [0.15, 0.2) is 97.1 Å². The molecule has 0 aromatic heterocycles. The second-order valence-electron chi connectivity index (χ2n) is 15.8. The molecule has 0 saturated carbocycles. The number of rotatable bonds is 0. The molecule has 4 amide bonds. The molecule has 58 heavy (non-hydrogen) atoms. The molecule has 16 nitrogen and oxygen atoms in total. The van der Waals surface area contributed by atoms with Crippen molar-refractivity contribution in [2.24, 2.45) is 10.8 Å². The van der Waals surface area contributed by atoms with Crippen molar-refractivity contribution in [2.45, 2.75) is 23.1 Å². The highest BCUT2D eigenvalue weighted by Gasteiger charge is 2.62. The zero-order valence-electron chi connectivity index (χ0n) is 30.8. The fourth-order valence-corrected chi connectivity index (χ4v) is 8.67. The predicted octanol–water partition coefficient (Wildman–Crippen LogP) is 3.35. The Morgan fingerprint density at radius 1 is 0.310 bits per heavy atom. The van der Waals surface area contributed by atoms with E-state index >= 15 is 0 Å². The minimum Gasteiger partial charge on any atom is -0.338 e. The summed E-state index contributed by atoms with van der Waals surface area (Å²) in [6.07, 6.45) is 0. The van der Waals surface area contributed by atoms with Crippen molar-refractivity contribution in [1.29, 1.82) is 0 Å². The Hall–Kier alpha value is -5.56.